The van der Waals surface area contributed by atoms with Gasteiger partial charge in [0.15, 0.2) is 0 Å². The van der Waals surface area contributed by atoms with Gasteiger partial charge in [-0.25, -0.2) is 4.79 Å². The molecule has 0 saturated carbocycles. The number of rotatable bonds is 1. The second-order valence-electron chi connectivity index (χ2n) is 6.63. The van der Waals surface area contributed by atoms with Gasteiger partial charge < -0.3 is 9.80 Å². The van der Waals surface area contributed by atoms with Crippen molar-refractivity contribution in [3.8, 4) is 0 Å². The number of nitrogens with zero attached hydrogens (tertiary/aromatic N) is 3. The third-order valence-corrected chi connectivity index (χ3v) is 4.94. The van der Waals surface area contributed by atoms with Crippen LogP contribution in [0.4, 0.5) is 10.5 Å². The first-order valence-electron chi connectivity index (χ1n) is 7.97. The molecule has 4 unspecified atom stereocenters. The van der Waals surface area contributed by atoms with E-state index in [1.54, 1.807) is 11.9 Å². The Morgan fingerprint density at radius 3 is 2.61 bits per heavy atom. The van der Waals surface area contributed by atoms with Gasteiger partial charge in [0.2, 0.25) is 5.91 Å². The number of anilines is 1. The molecule has 3 heterocycles. The molecule has 0 radical (unpaired) electrons. The van der Waals surface area contributed by atoms with Crippen LogP contribution >= 0.6 is 0 Å². The number of likely N-dealkylation sites (N-methyl/N-ethyl adjacent to an activating group) is 1. The molecule has 3 saturated heterocycles. The summed E-state index contributed by atoms with van der Waals surface area (Å²) in [6.45, 7) is 3.93. The lowest BCUT2D eigenvalue weighted by Gasteiger charge is -2.45. The molecule has 0 spiro atoms. The number of para-hydroxylation sites is 1. The van der Waals surface area contributed by atoms with Gasteiger partial charge in [0.1, 0.15) is 18.5 Å². The van der Waals surface area contributed by atoms with Gasteiger partial charge >= 0.3 is 6.03 Å². The Morgan fingerprint density at radius 2 is 1.87 bits per heavy atom. The maximum Gasteiger partial charge on any atom is 0.325 e. The molecule has 3 aliphatic rings. The number of carbonyl (C=O) groups is 2. The van der Waals surface area contributed by atoms with E-state index in [-0.39, 0.29) is 30.4 Å². The number of hydrogen-bond acceptors (Lipinski definition) is 5. The van der Waals surface area contributed by atoms with E-state index in [4.69, 9.17) is 0 Å². The number of urea groups is 1. The van der Waals surface area contributed by atoms with Crippen LogP contribution in [0.3, 0.4) is 0 Å². The highest BCUT2D eigenvalue weighted by atomic mass is 16.2. The lowest BCUT2D eigenvalue weighted by molar-refractivity contribution is -0.128. The van der Waals surface area contributed by atoms with E-state index in [1.165, 1.54) is 0 Å². The van der Waals surface area contributed by atoms with Gasteiger partial charge in [0, 0.05) is 25.8 Å². The van der Waals surface area contributed by atoms with Crippen molar-refractivity contribution in [1.29, 1.82) is 0 Å². The van der Waals surface area contributed by atoms with Crippen LogP contribution in [0.1, 0.15) is 6.92 Å². The molecule has 3 amide bonds. The summed E-state index contributed by atoms with van der Waals surface area (Å²) >= 11 is 0. The summed E-state index contributed by atoms with van der Waals surface area (Å²) in [5.41, 5.74) is 1.12. The maximum atomic E-state index is 12.4. The van der Waals surface area contributed by atoms with E-state index in [9.17, 15) is 9.59 Å². The molecule has 3 fully saturated rings. The number of carbonyl (C=O) groups excluding carboxylic acids is 2. The summed E-state index contributed by atoms with van der Waals surface area (Å²) in [5.74, 6) is 0.220. The van der Waals surface area contributed by atoms with Crippen LogP contribution in [-0.2, 0) is 4.79 Å². The second-order valence-corrected chi connectivity index (χ2v) is 6.63. The van der Waals surface area contributed by atoms with Crippen LogP contribution in [0.15, 0.2) is 30.3 Å². The second kappa shape index (κ2) is 5.21. The van der Waals surface area contributed by atoms with E-state index < -0.39 is 0 Å². The summed E-state index contributed by atoms with van der Waals surface area (Å²) in [4.78, 5) is 30.3. The number of nitrogens with one attached hydrogen (secondary N) is 2. The van der Waals surface area contributed by atoms with Crippen molar-refractivity contribution in [1.82, 2.24) is 20.4 Å². The zero-order valence-corrected chi connectivity index (χ0v) is 13.3. The zero-order valence-electron chi connectivity index (χ0n) is 13.3. The van der Waals surface area contributed by atoms with Crippen LogP contribution in [-0.4, -0.2) is 60.4 Å². The molecule has 7 heteroatoms. The largest absolute Gasteiger partial charge is 0.343 e. The average Bonchev–Trinajstić information content (AvgIpc) is 2.92. The van der Waals surface area contributed by atoms with Crippen molar-refractivity contribution in [2.24, 2.45) is 5.92 Å². The smallest absolute Gasteiger partial charge is 0.325 e. The minimum atomic E-state index is -0.350. The Labute approximate surface area is 135 Å². The van der Waals surface area contributed by atoms with Gasteiger partial charge in [0.05, 0.1) is 0 Å². The summed E-state index contributed by atoms with van der Waals surface area (Å²) in [5, 5.41) is 5.92. The SMILES string of the molecule is CC1CN(c2ccccc2)C2NC3C(C(=O)NC(=O)N3C)N2C1. The minimum Gasteiger partial charge on any atom is -0.343 e. The van der Waals surface area contributed by atoms with Crippen LogP contribution in [0, 0.1) is 5.92 Å². The molecule has 1 aromatic rings. The molecule has 0 bridgehead atoms. The van der Waals surface area contributed by atoms with Crippen molar-refractivity contribution in [2.75, 3.05) is 25.0 Å². The Hall–Kier alpha value is -2.12. The number of fused-ring (bicyclic) bond motifs is 3. The summed E-state index contributed by atoms with van der Waals surface area (Å²) in [6, 6.07) is 9.49. The van der Waals surface area contributed by atoms with Crippen LogP contribution in [0.25, 0.3) is 0 Å². The maximum absolute atomic E-state index is 12.4. The molecule has 3 aliphatic heterocycles. The van der Waals surface area contributed by atoms with Gasteiger partial charge in [-0.1, -0.05) is 25.1 Å². The zero-order chi connectivity index (χ0) is 16.1. The molecule has 1 aromatic carbocycles. The van der Waals surface area contributed by atoms with E-state index in [2.05, 4.69) is 39.5 Å². The van der Waals surface area contributed by atoms with Gasteiger partial charge in [-0.15, -0.1) is 0 Å². The Balaban J connectivity index is 1.70. The third kappa shape index (κ3) is 2.19. The van der Waals surface area contributed by atoms with Crippen molar-refractivity contribution in [3.05, 3.63) is 30.3 Å². The first-order valence-corrected chi connectivity index (χ1v) is 7.97. The average molecular weight is 315 g/mol. The molecule has 7 nitrogen and oxygen atoms in total. The highest BCUT2D eigenvalue weighted by Crippen LogP contribution is 2.32. The topological polar surface area (TPSA) is 67.9 Å². The fourth-order valence-electron chi connectivity index (χ4n) is 3.89. The number of hydrogen-bond donors (Lipinski definition) is 2. The number of benzene rings is 1. The van der Waals surface area contributed by atoms with Crippen molar-refractivity contribution < 1.29 is 9.59 Å². The first kappa shape index (κ1) is 14.5. The van der Waals surface area contributed by atoms with Crippen LogP contribution in [0.5, 0.6) is 0 Å². The molecule has 2 N–H and O–H groups in total. The van der Waals surface area contributed by atoms with Gasteiger partial charge in [0.25, 0.3) is 0 Å². The lowest BCUT2D eigenvalue weighted by Crippen LogP contribution is -2.65. The Morgan fingerprint density at radius 1 is 1.13 bits per heavy atom. The molecule has 122 valence electrons. The van der Waals surface area contributed by atoms with E-state index in [0.29, 0.717) is 5.92 Å². The quantitative estimate of drug-likeness (QED) is 0.775. The minimum absolute atomic E-state index is 0.0808. The molecule has 4 rings (SSSR count). The highest BCUT2D eigenvalue weighted by molar-refractivity contribution is 6.00. The van der Waals surface area contributed by atoms with Crippen molar-refractivity contribution >= 4 is 17.6 Å². The normalized spacial score (nSPS) is 34.2. The standard InChI is InChI=1S/C16H21N5O2/c1-10-8-20(11-6-4-3-5-7-11)15-17-13-12(21(15)9-10)14(22)18-16(23)19(13)2/h3-7,10,12-13,15,17H,8-9H2,1-2H3,(H,18,22,23). The molecular weight excluding hydrogens is 294 g/mol. The number of amides is 3. The fourth-order valence-corrected chi connectivity index (χ4v) is 3.89. The van der Waals surface area contributed by atoms with Crippen LogP contribution < -0.4 is 15.5 Å². The van der Waals surface area contributed by atoms with E-state index in [1.807, 2.05) is 18.2 Å². The first-order chi connectivity index (χ1) is 11.1. The highest BCUT2D eigenvalue weighted by Gasteiger charge is 2.54. The van der Waals surface area contributed by atoms with Crippen LogP contribution in [0.2, 0.25) is 0 Å². The summed E-state index contributed by atoms with van der Waals surface area (Å²) in [7, 11) is 1.72. The van der Waals surface area contributed by atoms with Gasteiger partial charge in [-0.2, -0.15) is 0 Å². The van der Waals surface area contributed by atoms with Crippen molar-refractivity contribution in [2.45, 2.75) is 25.4 Å². The summed E-state index contributed by atoms with van der Waals surface area (Å²) in [6.07, 6.45) is -0.375. The Bertz CT molecular complexity index is 637. The number of imide groups is 1. The van der Waals surface area contributed by atoms with E-state index >= 15 is 0 Å². The van der Waals surface area contributed by atoms with Crippen molar-refractivity contribution in [3.63, 3.8) is 0 Å². The van der Waals surface area contributed by atoms with Gasteiger partial charge in [-0.3, -0.25) is 20.3 Å². The molecule has 4 atom stereocenters. The summed E-state index contributed by atoms with van der Waals surface area (Å²) < 4.78 is 0. The predicted molar refractivity (Wildman–Crippen MR) is 85.5 cm³/mol. The fraction of sp³-hybridized carbons (Fsp3) is 0.500. The Kier molecular flexibility index (Phi) is 3.28. The monoisotopic (exact) mass is 315 g/mol. The molecule has 0 aliphatic carbocycles. The molecule has 0 aromatic heterocycles. The molecular formula is C16H21N5O2. The van der Waals surface area contributed by atoms with E-state index in [0.717, 1.165) is 18.8 Å². The van der Waals surface area contributed by atoms with Gasteiger partial charge in [-0.05, 0) is 18.1 Å². The molecule has 23 heavy (non-hydrogen) atoms. The lowest BCUT2D eigenvalue weighted by atomic mass is 10.0. The predicted octanol–water partition coefficient (Wildman–Crippen LogP) is 0.208. The third-order valence-electron chi connectivity index (χ3n) is 4.94.